The predicted molar refractivity (Wildman–Crippen MR) is 57.7 cm³/mol. The summed E-state index contributed by atoms with van der Waals surface area (Å²) in [4.78, 5) is 15.9. The van der Waals surface area contributed by atoms with E-state index in [1.807, 2.05) is 6.92 Å². The van der Waals surface area contributed by atoms with Gasteiger partial charge in [-0.3, -0.25) is 9.78 Å². The van der Waals surface area contributed by atoms with Gasteiger partial charge in [0, 0.05) is 6.20 Å². The van der Waals surface area contributed by atoms with Gasteiger partial charge < -0.3 is 14.8 Å². The average molecular weight is 222 g/mol. The monoisotopic (exact) mass is 222 g/mol. The lowest BCUT2D eigenvalue weighted by Gasteiger charge is -2.31. The van der Waals surface area contributed by atoms with Crippen LogP contribution in [0.3, 0.4) is 0 Å². The quantitative estimate of drug-likeness (QED) is 0.812. The van der Waals surface area contributed by atoms with Crippen LogP contribution in [0.4, 0.5) is 5.69 Å². The smallest absolute Gasteiger partial charge is 0.235 e. The molecule has 0 aromatic carbocycles. The van der Waals surface area contributed by atoms with Crippen LogP contribution in [-0.4, -0.2) is 30.9 Å². The molecule has 0 saturated carbocycles. The van der Waals surface area contributed by atoms with Gasteiger partial charge in [-0.15, -0.1) is 0 Å². The van der Waals surface area contributed by atoms with E-state index in [-0.39, 0.29) is 12.7 Å². The van der Waals surface area contributed by atoms with Crippen LogP contribution < -0.4 is 5.32 Å². The number of carbonyl (C=O) groups excluding carboxylic acids is 1. The van der Waals surface area contributed by atoms with Gasteiger partial charge >= 0.3 is 0 Å². The molecule has 0 atom stereocenters. The number of aromatic nitrogens is 1. The maximum Gasteiger partial charge on any atom is 0.235 e. The molecule has 1 N–H and O–H groups in total. The third-order valence-electron chi connectivity index (χ3n) is 2.48. The Bertz CT molecular complexity index is 361. The van der Waals surface area contributed by atoms with Gasteiger partial charge in [-0.2, -0.15) is 0 Å². The summed E-state index contributed by atoms with van der Waals surface area (Å²) in [7, 11) is 0. The van der Waals surface area contributed by atoms with Crippen molar-refractivity contribution in [3.8, 4) is 0 Å². The molecule has 0 aliphatic carbocycles. The van der Waals surface area contributed by atoms with Crippen molar-refractivity contribution in [1.29, 1.82) is 0 Å². The minimum absolute atomic E-state index is 0.111. The van der Waals surface area contributed by atoms with Crippen LogP contribution in [0, 0.1) is 5.41 Å². The number of rotatable bonds is 2. The van der Waals surface area contributed by atoms with Crippen molar-refractivity contribution in [2.45, 2.75) is 6.92 Å². The molecule has 1 saturated heterocycles. The van der Waals surface area contributed by atoms with Gasteiger partial charge in [-0.1, -0.05) is 0 Å². The number of nitrogens with one attached hydrogen (secondary N) is 1. The van der Waals surface area contributed by atoms with E-state index in [2.05, 4.69) is 10.3 Å². The normalized spacial score (nSPS) is 19.1. The number of hydrogen-bond acceptors (Lipinski definition) is 4. The van der Waals surface area contributed by atoms with E-state index >= 15 is 0 Å². The maximum atomic E-state index is 12.0. The molecule has 1 amide bonds. The number of carbonyl (C=O) groups is 1. The SMILES string of the molecule is CC1(C(=O)Nc2cccnc2)COCOC1. The topological polar surface area (TPSA) is 60.5 Å². The van der Waals surface area contributed by atoms with Crippen molar-refractivity contribution < 1.29 is 14.3 Å². The van der Waals surface area contributed by atoms with Gasteiger partial charge in [0.2, 0.25) is 5.91 Å². The van der Waals surface area contributed by atoms with Crippen LogP contribution >= 0.6 is 0 Å². The number of amides is 1. The van der Waals surface area contributed by atoms with Crippen molar-refractivity contribution in [1.82, 2.24) is 4.98 Å². The Morgan fingerprint density at radius 1 is 1.50 bits per heavy atom. The third kappa shape index (κ3) is 2.37. The largest absolute Gasteiger partial charge is 0.354 e. The zero-order valence-corrected chi connectivity index (χ0v) is 9.10. The Labute approximate surface area is 93.8 Å². The molecule has 16 heavy (non-hydrogen) atoms. The Kier molecular flexibility index (Phi) is 3.17. The van der Waals surface area contributed by atoms with Crippen LogP contribution in [0.5, 0.6) is 0 Å². The highest BCUT2D eigenvalue weighted by molar-refractivity contribution is 5.95. The van der Waals surface area contributed by atoms with Gasteiger partial charge in [0.25, 0.3) is 0 Å². The molecule has 1 aliphatic heterocycles. The first kappa shape index (κ1) is 11.0. The zero-order chi connectivity index (χ0) is 11.4. The summed E-state index contributed by atoms with van der Waals surface area (Å²) in [5, 5.41) is 2.79. The standard InChI is InChI=1S/C11H14N2O3/c1-11(6-15-8-16-7-11)10(14)13-9-3-2-4-12-5-9/h2-5H,6-8H2,1H3,(H,13,14). The number of anilines is 1. The number of hydrogen-bond donors (Lipinski definition) is 1. The highest BCUT2D eigenvalue weighted by Gasteiger charge is 2.36. The first-order valence-electron chi connectivity index (χ1n) is 5.08. The van der Waals surface area contributed by atoms with E-state index in [1.54, 1.807) is 24.5 Å². The summed E-state index contributed by atoms with van der Waals surface area (Å²) >= 11 is 0. The van der Waals surface area contributed by atoms with Crippen LogP contribution in [0.15, 0.2) is 24.5 Å². The van der Waals surface area contributed by atoms with E-state index in [4.69, 9.17) is 9.47 Å². The molecule has 5 heteroatoms. The van der Waals surface area contributed by atoms with Crippen molar-refractivity contribution in [3.05, 3.63) is 24.5 Å². The van der Waals surface area contributed by atoms with Crippen molar-refractivity contribution in [2.75, 3.05) is 25.3 Å². The third-order valence-corrected chi connectivity index (χ3v) is 2.48. The fourth-order valence-electron chi connectivity index (χ4n) is 1.48. The van der Waals surface area contributed by atoms with Crippen LogP contribution in [0.2, 0.25) is 0 Å². The van der Waals surface area contributed by atoms with Crippen molar-refractivity contribution >= 4 is 11.6 Å². The first-order valence-corrected chi connectivity index (χ1v) is 5.08. The number of ether oxygens (including phenoxy) is 2. The van der Waals surface area contributed by atoms with Crippen LogP contribution in [0.25, 0.3) is 0 Å². The second kappa shape index (κ2) is 4.59. The second-order valence-corrected chi connectivity index (χ2v) is 4.07. The van der Waals surface area contributed by atoms with E-state index in [0.29, 0.717) is 18.9 Å². The van der Waals surface area contributed by atoms with Crippen molar-refractivity contribution in [2.24, 2.45) is 5.41 Å². The maximum absolute atomic E-state index is 12.0. The molecule has 0 bridgehead atoms. The molecule has 0 radical (unpaired) electrons. The zero-order valence-electron chi connectivity index (χ0n) is 9.10. The molecule has 5 nitrogen and oxygen atoms in total. The van der Waals surface area contributed by atoms with Gasteiger partial charge in [-0.25, -0.2) is 0 Å². The summed E-state index contributed by atoms with van der Waals surface area (Å²) in [6, 6.07) is 3.56. The lowest BCUT2D eigenvalue weighted by molar-refractivity contribution is -0.170. The first-order chi connectivity index (χ1) is 7.71. The molecule has 1 aromatic rings. The Morgan fingerprint density at radius 3 is 2.88 bits per heavy atom. The minimum atomic E-state index is -0.631. The molecule has 1 fully saturated rings. The summed E-state index contributed by atoms with van der Waals surface area (Å²) in [5.41, 5.74) is 0.0490. The number of pyridine rings is 1. The number of nitrogens with zero attached hydrogens (tertiary/aromatic N) is 1. The van der Waals surface area contributed by atoms with Crippen molar-refractivity contribution in [3.63, 3.8) is 0 Å². The molecule has 2 rings (SSSR count). The van der Waals surface area contributed by atoms with E-state index < -0.39 is 5.41 Å². The molecule has 0 unspecified atom stereocenters. The summed E-state index contributed by atoms with van der Waals surface area (Å²) in [5.74, 6) is -0.111. The second-order valence-electron chi connectivity index (χ2n) is 4.07. The molecule has 2 heterocycles. The summed E-state index contributed by atoms with van der Waals surface area (Å²) in [6.07, 6.45) is 3.26. The van der Waals surface area contributed by atoms with Gasteiger partial charge in [0.15, 0.2) is 0 Å². The fraction of sp³-hybridized carbons (Fsp3) is 0.455. The Morgan fingerprint density at radius 2 is 2.25 bits per heavy atom. The summed E-state index contributed by atoms with van der Waals surface area (Å²) in [6.45, 7) is 2.83. The van der Waals surface area contributed by atoms with E-state index in [1.165, 1.54) is 0 Å². The average Bonchev–Trinajstić information content (AvgIpc) is 2.31. The predicted octanol–water partition coefficient (Wildman–Crippen LogP) is 1.03. The molecule has 0 spiro atoms. The summed E-state index contributed by atoms with van der Waals surface area (Å²) < 4.78 is 10.3. The minimum Gasteiger partial charge on any atom is -0.354 e. The van der Waals surface area contributed by atoms with Gasteiger partial charge in [0.05, 0.1) is 30.5 Å². The molecule has 1 aliphatic rings. The molecule has 86 valence electrons. The highest BCUT2D eigenvalue weighted by Crippen LogP contribution is 2.23. The Hall–Kier alpha value is -1.46. The van der Waals surface area contributed by atoms with Crippen LogP contribution in [0.1, 0.15) is 6.92 Å². The van der Waals surface area contributed by atoms with Gasteiger partial charge in [-0.05, 0) is 19.1 Å². The molecular weight excluding hydrogens is 208 g/mol. The molecule has 1 aromatic heterocycles. The van der Waals surface area contributed by atoms with E-state index in [0.717, 1.165) is 0 Å². The fourth-order valence-corrected chi connectivity index (χ4v) is 1.48. The lowest BCUT2D eigenvalue weighted by atomic mass is 9.91. The lowest BCUT2D eigenvalue weighted by Crippen LogP contribution is -2.44. The highest BCUT2D eigenvalue weighted by atomic mass is 16.7. The molecular formula is C11H14N2O3. The van der Waals surface area contributed by atoms with Gasteiger partial charge in [0.1, 0.15) is 6.79 Å². The Balaban J connectivity index is 2.02. The van der Waals surface area contributed by atoms with Crippen LogP contribution in [-0.2, 0) is 14.3 Å². The van der Waals surface area contributed by atoms with E-state index in [9.17, 15) is 4.79 Å².